The monoisotopic (exact) mass is 330 g/mol. The topological polar surface area (TPSA) is 107 Å². The van der Waals surface area contributed by atoms with Crippen LogP contribution in [0.25, 0.3) is 0 Å². The van der Waals surface area contributed by atoms with Crippen molar-refractivity contribution in [3.63, 3.8) is 0 Å². The van der Waals surface area contributed by atoms with Crippen LogP contribution in [0.4, 0.5) is 10.3 Å². The highest BCUT2D eigenvalue weighted by Gasteiger charge is 2.20. The fourth-order valence-corrected chi connectivity index (χ4v) is 3.39. The second kappa shape index (κ2) is 6.02. The van der Waals surface area contributed by atoms with Crippen molar-refractivity contribution in [1.82, 2.24) is 20.4 Å². The number of carbonyl (C=O) groups excluding carboxylic acids is 1. The van der Waals surface area contributed by atoms with Crippen LogP contribution in [0.15, 0.2) is 4.34 Å². The minimum Gasteiger partial charge on any atom is -0.374 e. The quantitative estimate of drug-likeness (QED) is 0.826. The highest BCUT2D eigenvalue weighted by molar-refractivity contribution is 8.01. The third-order valence-corrected chi connectivity index (χ3v) is 5.21. The zero-order valence-corrected chi connectivity index (χ0v) is 13.7. The Kier molecular flexibility index (Phi) is 4.55. The summed E-state index contributed by atoms with van der Waals surface area (Å²) in [6.07, 6.45) is 0. The van der Waals surface area contributed by atoms with Crippen LogP contribution < -0.4 is 11.1 Å². The van der Waals surface area contributed by atoms with Gasteiger partial charge in [-0.2, -0.15) is 0 Å². The number of nitrogens with one attached hydrogen (secondary N) is 1. The molecule has 0 atom stereocenters. The van der Waals surface area contributed by atoms with E-state index in [2.05, 4.69) is 46.5 Å². The predicted octanol–water partition coefficient (Wildman–Crippen LogP) is 2.00. The molecule has 1 amide bonds. The Bertz CT molecular complexity index is 602. The molecule has 0 bridgehead atoms. The maximum atomic E-state index is 11.8. The van der Waals surface area contributed by atoms with Crippen LogP contribution >= 0.6 is 34.4 Å². The van der Waals surface area contributed by atoms with E-state index in [0.29, 0.717) is 14.6 Å². The van der Waals surface area contributed by atoms with Crippen molar-refractivity contribution >= 4 is 50.6 Å². The van der Waals surface area contributed by atoms with Gasteiger partial charge in [-0.3, -0.25) is 10.1 Å². The Labute approximate surface area is 128 Å². The molecule has 0 aliphatic heterocycles. The van der Waals surface area contributed by atoms with Gasteiger partial charge in [-0.25, -0.2) is 0 Å². The van der Waals surface area contributed by atoms with Gasteiger partial charge >= 0.3 is 0 Å². The summed E-state index contributed by atoms with van der Waals surface area (Å²) in [7, 11) is 0. The van der Waals surface area contributed by atoms with E-state index in [1.165, 1.54) is 34.4 Å². The lowest BCUT2D eigenvalue weighted by molar-refractivity contribution is -0.113. The lowest BCUT2D eigenvalue weighted by atomic mass is 9.98. The fourth-order valence-electron chi connectivity index (χ4n) is 1.14. The minimum atomic E-state index is -0.152. The van der Waals surface area contributed by atoms with Crippen LogP contribution in [0.5, 0.6) is 0 Å². The van der Waals surface area contributed by atoms with Gasteiger partial charge in [0.25, 0.3) is 0 Å². The first-order valence-corrected chi connectivity index (χ1v) is 8.32. The lowest BCUT2D eigenvalue weighted by Gasteiger charge is -2.12. The van der Waals surface area contributed by atoms with Crippen molar-refractivity contribution in [3.8, 4) is 0 Å². The van der Waals surface area contributed by atoms with Crippen molar-refractivity contribution in [2.45, 2.75) is 30.5 Å². The molecule has 0 unspecified atom stereocenters. The molecule has 0 saturated carbocycles. The zero-order valence-electron chi connectivity index (χ0n) is 11.2. The maximum Gasteiger partial charge on any atom is 0.236 e. The third kappa shape index (κ3) is 4.12. The Morgan fingerprint density at radius 2 is 2.00 bits per heavy atom. The SMILES string of the molecule is CC(C)(C)c1nnc(NC(=O)CSc2nnc(N)s2)s1. The van der Waals surface area contributed by atoms with Crippen LogP contribution in [-0.4, -0.2) is 32.1 Å². The Morgan fingerprint density at radius 1 is 1.25 bits per heavy atom. The van der Waals surface area contributed by atoms with Gasteiger partial charge in [0.2, 0.25) is 16.2 Å². The number of anilines is 2. The molecule has 7 nitrogen and oxygen atoms in total. The first-order valence-electron chi connectivity index (χ1n) is 5.70. The van der Waals surface area contributed by atoms with Crippen LogP contribution in [0.1, 0.15) is 25.8 Å². The molecule has 0 aromatic carbocycles. The van der Waals surface area contributed by atoms with E-state index in [1.807, 2.05) is 0 Å². The molecule has 0 radical (unpaired) electrons. The molecule has 0 spiro atoms. The molecule has 2 rings (SSSR count). The molecule has 0 aliphatic rings. The number of nitrogens with two attached hydrogens (primary N) is 1. The first-order chi connectivity index (χ1) is 9.34. The van der Waals surface area contributed by atoms with Gasteiger partial charge in [-0.15, -0.1) is 20.4 Å². The van der Waals surface area contributed by atoms with Gasteiger partial charge in [-0.1, -0.05) is 55.2 Å². The Morgan fingerprint density at radius 3 is 2.55 bits per heavy atom. The lowest BCUT2D eigenvalue weighted by Crippen LogP contribution is -2.13. The smallest absolute Gasteiger partial charge is 0.236 e. The van der Waals surface area contributed by atoms with Crippen LogP contribution in [0.2, 0.25) is 0 Å². The number of aromatic nitrogens is 4. The minimum absolute atomic E-state index is 0.0700. The van der Waals surface area contributed by atoms with E-state index in [9.17, 15) is 4.79 Å². The van der Waals surface area contributed by atoms with Gasteiger partial charge in [0.1, 0.15) is 5.01 Å². The van der Waals surface area contributed by atoms with Crippen molar-refractivity contribution in [2.75, 3.05) is 16.8 Å². The summed E-state index contributed by atoms with van der Waals surface area (Å²) >= 11 is 3.93. The summed E-state index contributed by atoms with van der Waals surface area (Å²) in [4.78, 5) is 11.8. The molecule has 0 aliphatic carbocycles. The van der Waals surface area contributed by atoms with Gasteiger partial charge in [0.15, 0.2) is 4.34 Å². The van der Waals surface area contributed by atoms with Crippen LogP contribution in [-0.2, 0) is 10.2 Å². The van der Waals surface area contributed by atoms with E-state index in [0.717, 1.165) is 5.01 Å². The Hall–Kier alpha value is -1.26. The summed E-state index contributed by atoms with van der Waals surface area (Å²) < 4.78 is 0.672. The second-order valence-corrected chi connectivity index (χ2v) is 8.11. The van der Waals surface area contributed by atoms with Gasteiger partial charge in [0.05, 0.1) is 5.75 Å². The largest absolute Gasteiger partial charge is 0.374 e. The van der Waals surface area contributed by atoms with E-state index in [-0.39, 0.29) is 17.1 Å². The van der Waals surface area contributed by atoms with Gasteiger partial charge < -0.3 is 5.73 Å². The van der Waals surface area contributed by atoms with Crippen molar-refractivity contribution in [1.29, 1.82) is 0 Å². The van der Waals surface area contributed by atoms with E-state index in [1.54, 1.807) is 0 Å². The molecule has 2 heterocycles. The highest BCUT2D eigenvalue weighted by atomic mass is 32.2. The second-order valence-electron chi connectivity index (χ2n) is 4.91. The van der Waals surface area contributed by atoms with Crippen molar-refractivity contribution < 1.29 is 4.79 Å². The number of thioether (sulfide) groups is 1. The molecule has 0 fully saturated rings. The maximum absolute atomic E-state index is 11.8. The normalized spacial score (nSPS) is 11.6. The standard InChI is InChI=1S/C10H14N6OS3/c1-10(2,3)6-13-15-8(19-6)12-5(17)4-18-9-16-14-7(11)20-9/h4H2,1-3H3,(H2,11,14)(H,12,15,17). The number of amides is 1. The first kappa shape index (κ1) is 15.1. The van der Waals surface area contributed by atoms with Crippen LogP contribution in [0.3, 0.4) is 0 Å². The van der Waals surface area contributed by atoms with Gasteiger partial charge in [0, 0.05) is 5.41 Å². The molecule has 2 aromatic heterocycles. The van der Waals surface area contributed by atoms with E-state index < -0.39 is 0 Å². The molecule has 0 saturated heterocycles. The van der Waals surface area contributed by atoms with E-state index >= 15 is 0 Å². The number of nitrogens with zero attached hydrogens (tertiary/aromatic N) is 4. The number of nitrogen functional groups attached to an aromatic ring is 1. The van der Waals surface area contributed by atoms with Crippen molar-refractivity contribution in [3.05, 3.63) is 5.01 Å². The van der Waals surface area contributed by atoms with Crippen molar-refractivity contribution in [2.24, 2.45) is 0 Å². The number of rotatable bonds is 4. The Balaban J connectivity index is 1.87. The van der Waals surface area contributed by atoms with E-state index in [4.69, 9.17) is 5.73 Å². The van der Waals surface area contributed by atoms with Gasteiger partial charge in [-0.05, 0) is 0 Å². The summed E-state index contributed by atoms with van der Waals surface area (Å²) in [5.41, 5.74) is 5.40. The number of hydrogen-bond donors (Lipinski definition) is 2. The number of hydrogen-bond acceptors (Lipinski definition) is 9. The summed E-state index contributed by atoms with van der Waals surface area (Å²) in [6.45, 7) is 6.15. The summed E-state index contributed by atoms with van der Waals surface area (Å²) in [5.74, 6) is 0.0828. The molecular weight excluding hydrogens is 316 g/mol. The van der Waals surface area contributed by atoms with Crippen LogP contribution in [0, 0.1) is 0 Å². The zero-order chi connectivity index (χ0) is 14.8. The molecule has 20 heavy (non-hydrogen) atoms. The summed E-state index contributed by atoms with van der Waals surface area (Å²) in [5, 5.41) is 20.1. The average molecular weight is 330 g/mol. The molecular formula is C10H14N6OS3. The highest BCUT2D eigenvalue weighted by Crippen LogP contribution is 2.28. The summed E-state index contributed by atoms with van der Waals surface area (Å²) in [6, 6.07) is 0. The third-order valence-electron chi connectivity index (χ3n) is 2.06. The molecule has 3 N–H and O–H groups in total. The molecule has 108 valence electrons. The molecule has 2 aromatic rings. The predicted molar refractivity (Wildman–Crippen MR) is 82.3 cm³/mol. The fraction of sp³-hybridized carbons (Fsp3) is 0.500. The average Bonchev–Trinajstić information content (AvgIpc) is 2.95. The molecule has 10 heteroatoms. The number of carbonyl (C=O) groups is 1.